The number of nitrogens with zero attached hydrogens (tertiary/aromatic N) is 4. The van der Waals surface area contributed by atoms with Crippen molar-refractivity contribution in [3.8, 4) is 12.1 Å². The van der Waals surface area contributed by atoms with Crippen molar-refractivity contribution < 1.29 is 18.6 Å². The van der Waals surface area contributed by atoms with Crippen LogP contribution in [0.1, 0.15) is 34.1 Å². The molecule has 0 saturated carbocycles. The van der Waals surface area contributed by atoms with Gasteiger partial charge in [-0.15, -0.1) is 6.42 Å². The number of hydrogen-bond donors (Lipinski definition) is 0. The van der Waals surface area contributed by atoms with E-state index in [-0.39, 0.29) is 11.8 Å². The number of benzene rings is 2. The molecule has 2 aromatic rings. The van der Waals surface area contributed by atoms with Gasteiger partial charge in [0.15, 0.2) is 0 Å². The molecule has 0 saturated heterocycles. The van der Waals surface area contributed by atoms with E-state index in [1.807, 2.05) is 85.0 Å². The molecule has 2 atom stereocenters. The minimum absolute atomic E-state index is 0.0781. The Bertz CT molecular complexity index is 1220. The molecule has 2 aliphatic carbocycles. The van der Waals surface area contributed by atoms with Crippen LogP contribution in [0.4, 0.5) is 0 Å². The first-order valence-electron chi connectivity index (χ1n) is 11.1. The summed E-state index contributed by atoms with van der Waals surface area (Å²) in [6, 6.07) is 15.8. The number of allylic oxidation sites excluding steroid dienone is 8. The summed E-state index contributed by atoms with van der Waals surface area (Å²) in [5.41, 5.74) is 26.2. The molecular formula is C28H23N4O2P. The maximum absolute atomic E-state index is 9.21. The highest BCUT2D eigenvalue weighted by Crippen LogP contribution is 2.39. The first kappa shape index (κ1) is 24.2. The van der Waals surface area contributed by atoms with Crippen LogP contribution in [0.25, 0.3) is 11.1 Å². The molecule has 172 valence electrons. The van der Waals surface area contributed by atoms with Gasteiger partial charge in [-0.3, -0.25) is 0 Å². The summed E-state index contributed by atoms with van der Waals surface area (Å²) in [6.07, 6.45) is 20.7. The third-order valence-corrected chi connectivity index (χ3v) is 6.65. The molecule has 2 unspecified atom stereocenters. The Morgan fingerprint density at radius 3 is 1.51 bits per heavy atom. The van der Waals surface area contributed by atoms with Gasteiger partial charge in [-0.25, -0.2) is 0 Å². The highest BCUT2D eigenvalue weighted by molar-refractivity contribution is 7.52. The van der Waals surface area contributed by atoms with Gasteiger partial charge in [-0.1, -0.05) is 85.0 Å². The van der Waals surface area contributed by atoms with Crippen molar-refractivity contribution in [2.75, 3.05) is 0 Å². The summed E-state index contributed by atoms with van der Waals surface area (Å²) in [5.74, 6) is -0.156. The Balaban J connectivity index is 1.29. The van der Waals surface area contributed by atoms with Crippen molar-refractivity contribution in [1.82, 2.24) is 0 Å². The van der Waals surface area contributed by atoms with E-state index in [9.17, 15) is 11.1 Å². The van der Waals surface area contributed by atoms with Gasteiger partial charge >= 0.3 is 11.4 Å². The lowest BCUT2D eigenvalue weighted by molar-refractivity contribution is -0.00730. The highest BCUT2D eigenvalue weighted by Gasteiger charge is 2.23. The fourth-order valence-corrected chi connectivity index (χ4v) is 4.59. The molecule has 4 rings (SSSR count). The van der Waals surface area contributed by atoms with E-state index in [2.05, 4.69) is 15.2 Å². The van der Waals surface area contributed by atoms with E-state index < -0.39 is 8.38 Å². The van der Waals surface area contributed by atoms with Crippen molar-refractivity contribution in [2.45, 2.75) is 25.0 Å². The molecule has 0 aromatic heterocycles. The standard InChI is InChI=1S/C28H23N4O2P/c1-2-35(33-19-21-11-15-23(16-12-21)25-7-3-5-9-27(25)31-29)34-20-22-13-17-24(18-14-22)26-8-4-6-10-28(26)32-30/h1,3-18,25-26H,19-20H2. The lowest BCUT2D eigenvalue weighted by Crippen LogP contribution is -2.11. The summed E-state index contributed by atoms with van der Waals surface area (Å²) in [5, 5.41) is 0. The molecule has 0 aliphatic heterocycles. The monoisotopic (exact) mass is 478 g/mol. The van der Waals surface area contributed by atoms with E-state index in [1.54, 1.807) is 12.2 Å². The van der Waals surface area contributed by atoms with Crippen LogP contribution in [0.2, 0.25) is 0 Å². The SMILES string of the molecule is C#CP(OCc1ccc(C2C=CC=CC2=[N+]=[N-])cc1)OCc1ccc(C2C=CC=CC2=[N+]=[N-])cc1. The molecule has 0 heterocycles. The zero-order valence-corrected chi connectivity index (χ0v) is 19.8. The molecule has 0 fully saturated rings. The van der Waals surface area contributed by atoms with Crippen molar-refractivity contribution in [3.05, 3.63) is 130 Å². The maximum atomic E-state index is 9.21. The third kappa shape index (κ3) is 6.15. The number of terminal acetylenes is 1. The fourth-order valence-electron chi connectivity index (χ4n) is 3.84. The summed E-state index contributed by atoms with van der Waals surface area (Å²) in [6.45, 7) is 0.669. The molecule has 7 heteroatoms. The average molecular weight is 478 g/mol. The van der Waals surface area contributed by atoms with Crippen LogP contribution < -0.4 is 0 Å². The molecule has 0 N–H and O–H groups in total. The largest absolute Gasteiger partial charge is 0.361 e. The first-order chi connectivity index (χ1) is 17.2. The quantitative estimate of drug-likeness (QED) is 0.199. The summed E-state index contributed by atoms with van der Waals surface area (Å²) < 4.78 is 11.7. The van der Waals surface area contributed by atoms with Crippen molar-refractivity contribution >= 4 is 19.8 Å². The Labute approximate surface area is 206 Å². The predicted molar refractivity (Wildman–Crippen MR) is 138 cm³/mol. The Morgan fingerprint density at radius 2 is 1.14 bits per heavy atom. The van der Waals surface area contributed by atoms with Crippen molar-refractivity contribution in [3.63, 3.8) is 0 Å². The van der Waals surface area contributed by atoms with Crippen LogP contribution in [0.15, 0.2) is 97.1 Å². The van der Waals surface area contributed by atoms with Crippen molar-refractivity contribution in [1.29, 1.82) is 0 Å². The van der Waals surface area contributed by atoms with E-state index in [0.29, 0.717) is 24.6 Å². The molecule has 0 spiro atoms. The molecule has 2 aliphatic rings. The molecule has 35 heavy (non-hydrogen) atoms. The van der Waals surface area contributed by atoms with Gasteiger partial charge in [-0.2, -0.15) is 9.58 Å². The zero-order chi connectivity index (χ0) is 24.5. The Morgan fingerprint density at radius 1 is 0.714 bits per heavy atom. The van der Waals surface area contributed by atoms with Crippen LogP contribution >= 0.6 is 8.38 Å². The molecule has 0 radical (unpaired) electrons. The fraction of sp³-hybridized carbons (Fsp3) is 0.143. The van der Waals surface area contributed by atoms with Crippen LogP contribution in [0.3, 0.4) is 0 Å². The number of hydrogen-bond acceptors (Lipinski definition) is 2. The summed E-state index contributed by atoms with van der Waals surface area (Å²) in [4.78, 5) is 6.75. The average Bonchev–Trinajstić information content (AvgIpc) is 2.93. The van der Waals surface area contributed by atoms with E-state index in [4.69, 9.17) is 15.5 Å². The summed E-state index contributed by atoms with van der Waals surface area (Å²) in [7, 11) is -1.48. The Hall–Kier alpha value is -3.93. The maximum Gasteiger partial charge on any atom is 0.303 e. The van der Waals surface area contributed by atoms with Crippen LogP contribution in [-0.2, 0) is 22.3 Å². The van der Waals surface area contributed by atoms with Gasteiger partial charge in [-0.05, 0) is 27.9 Å². The molecule has 2 aromatic carbocycles. The van der Waals surface area contributed by atoms with Crippen molar-refractivity contribution in [2.24, 2.45) is 0 Å². The highest BCUT2D eigenvalue weighted by atomic mass is 31.2. The summed E-state index contributed by atoms with van der Waals surface area (Å²) >= 11 is 0. The minimum atomic E-state index is -1.48. The van der Waals surface area contributed by atoms with Crippen LogP contribution in [-0.4, -0.2) is 21.0 Å². The minimum Gasteiger partial charge on any atom is -0.361 e. The molecule has 0 bridgehead atoms. The molecule has 0 amide bonds. The van der Waals surface area contributed by atoms with Gasteiger partial charge in [0.25, 0.3) is 8.38 Å². The second-order valence-electron chi connectivity index (χ2n) is 7.91. The van der Waals surface area contributed by atoms with Gasteiger partial charge in [0, 0.05) is 12.2 Å². The number of rotatable bonds is 8. The van der Waals surface area contributed by atoms with E-state index in [0.717, 1.165) is 22.3 Å². The zero-order valence-electron chi connectivity index (χ0n) is 18.9. The second-order valence-corrected chi connectivity index (χ2v) is 9.20. The van der Waals surface area contributed by atoms with E-state index >= 15 is 0 Å². The van der Waals surface area contributed by atoms with Gasteiger partial charge < -0.3 is 20.1 Å². The topological polar surface area (TPSA) is 91.3 Å². The third-order valence-electron chi connectivity index (χ3n) is 5.71. The lowest BCUT2D eigenvalue weighted by Gasteiger charge is -2.14. The normalized spacial score (nSPS) is 19.2. The van der Waals surface area contributed by atoms with Gasteiger partial charge in [0.2, 0.25) is 0 Å². The van der Waals surface area contributed by atoms with Gasteiger partial charge in [0.05, 0.1) is 13.2 Å². The molecular weight excluding hydrogens is 455 g/mol. The van der Waals surface area contributed by atoms with Gasteiger partial charge in [0.1, 0.15) is 11.8 Å². The van der Waals surface area contributed by atoms with Crippen LogP contribution in [0.5, 0.6) is 0 Å². The second kappa shape index (κ2) is 12.0. The molecule has 6 nitrogen and oxygen atoms in total. The smallest absolute Gasteiger partial charge is 0.303 e. The van der Waals surface area contributed by atoms with E-state index in [1.165, 1.54) is 0 Å². The lowest BCUT2D eigenvalue weighted by atomic mass is 9.90. The first-order valence-corrected chi connectivity index (χ1v) is 12.2. The predicted octanol–water partition coefficient (Wildman–Crippen LogP) is 6.08. The Kier molecular flexibility index (Phi) is 8.28. The van der Waals surface area contributed by atoms with Crippen LogP contribution in [0, 0.1) is 12.1 Å².